The molecule has 2 N–H and O–H groups in total. The second-order valence-corrected chi connectivity index (χ2v) is 2.51. The summed E-state index contributed by atoms with van der Waals surface area (Å²) in [5.74, 6) is -2.59. The van der Waals surface area contributed by atoms with E-state index >= 15 is 0 Å². The molecule has 0 saturated heterocycles. The van der Waals surface area contributed by atoms with Crippen molar-refractivity contribution in [3.8, 4) is 0 Å². The average Bonchev–Trinajstić information content (AvgIpc) is 2.12. The Morgan fingerprint density at radius 2 is 1.85 bits per heavy atom. The van der Waals surface area contributed by atoms with E-state index in [0.29, 0.717) is 0 Å². The number of amides is 1. The molecule has 0 atom stereocenters. The highest BCUT2D eigenvalue weighted by Gasteiger charge is 2.11. The summed E-state index contributed by atoms with van der Waals surface area (Å²) < 4.78 is 25.7. The van der Waals surface area contributed by atoms with E-state index in [-0.39, 0.29) is 11.1 Å². The first-order valence-corrected chi connectivity index (χ1v) is 3.46. The van der Waals surface area contributed by atoms with Crippen molar-refractivity contribution in [3.63, 3.8) is 0 Å². The largest absolute Gasteiger partial charge is 0.288 e. The fourth-order valence-corrected chi connectivity index (χ4v) is 0.841. The molecule has 0 radical (unpaired) electrons. The highest BCUT2D eigenvalue weighted by Crippen LogP contribution is 2.13. The van der Waals surface area contributed by atoms with Crippen LogP contribution >= 0.6 is 0 Å². The predicted molar refractivity (Wildman–Crippen MR) is 40.3 cm³/mol. The third kappa shape index (κ3) is 1.81. The highest BCUT2D eigenvalue weighted by molar-refractivity contribution is 5.93. The molecule has 5 heteroatoms. The second kappa shape index (κ2) is 3.49. The normalized spacial score (nSPS) is 9.85. The Labute approximate surface area is 73.0 Å². The molecule has 0 aliphatic rings. The Bertz CT molecular complexity index is 329. The molecule has 0 bridgehead atoms. The van der Waals surface area contributed by atoms with Crippen LogP contribution in [0.3, 0.4) is 0 Å². The monoisotopic (exact) mass is 187 g/mol. The molecule has 13 heavy (non-hydrogen) atoms. The molecule has 1 amide bonds. The van der Waals surface area contributed by atoms with Crippen molar-refractivity contribution in [2.24, 2.45) is 0 Å². The molecule has 0 fully saturated rings. The summed E-state index contributed by atoms with van der Waals surface area (Å²) in [6.07, 6.45) is 0. The van der Waals surface area contributed by atoms with Gasteiger partial charge in [0.15, 0.2) is 0 Å². The average molecular weight is 187 g/mol. The van der Waals surface area contributed by atoms with E-state index < -0.39 is 17.5 Å². The lowest BCUT2D eigenvalue weighted by molar-refractivity contribution is 0.0705. The summed E-state index contributed by atoms with van der Waals surface area (Å²) in [7, 11) is 0. The van der Waals surface area contributed by atoms with Gasteiger partial charge in [-0.25, -0.2) is 14.3 Å². The van der Waals surface area contributed by atoms with Gasteiger partial charge < -0.3 is 0 Å². The van der Waals surface area contributed by atoms with Crippen LogP contribution < -0.4 is 5.48 Å². The van der Waals surface area contributed by atoms with E-state index in [9.17, 15) is 13.6 Å². The third-order valence-corrected chi connectivity index (χ3v) is 1.64. The molecule has 0 aliphatic carbocycles. The summed E-state index contributed by atoms with van der Waals surface area (Å²) in [5, 5.41) is 8.19. The van der Waals surface area contributed by atoms with E-state index in [4.69, 9.17) is 5.21 Å². The fraction of sp³-hybridized carbons (Fsp3) is 0.125. The zero-order chi connectivity index (χ0) is 10.0. The van der Waals surface area contributed by atoms with Gasteiger partial charge in [-0.2, -0.15) is 0 Å². The van der Waals surface area contributed by atoms with Crippen LogP contribution in [0.15, 0.2) is 12.1 Å². The topological polar surface area (TPSA) is 49.3 Å². The minimum atomic E-state index is -0.946. The summed E-state index contributed by atoms with van der Waals surface area (Å²) in [6.45, 7) is 1.26. The number of nitrogens with one attached hydrogen (secondary N) is 1. The van der Waals surface area contributed by atoms with Crippen molar-refractivity contribution in [1.29, 1.82) is 0 Å². The Morgan fingerprint density at radius 3 is 2.23 bits per heavy atom. The van der Waals surface area contributed by atoms with Gasteiger partial charge in [-0.15, -0.1) is 0 Å². The predicted octanol–water partition coefficient (Wildman–Crippen LogP) is 1.39. The van der Waals surface area contributed by atoms with E-state index in [1.807, 2.05) is 0 Å². The smallest absolute Gasteiger partial charge is 0.274 e. The zero-order valence-corrected chi connectivity index (χ0v) is 6.77. The second-order valence-electron chi connectivity index (χ2n) is 2.51. The van der Waals surface area contributed by atoms with Crippen LogP contribution in [-0.2, 0) is 0 Å². The van der Waals surface area contributed by atoms with Crippen LogP contribution in [0.25, 0.3) is 0 Å². The summed E-state index contributed by atoms with van der Waals surface area (Å²) in [6, 6.07) is 1.70. The molecule has 0 heterocycles. The zero-order valence-electron chi connectivity index (χ0n) is 6.77. The molecule has 1 aromatic carbocycles. The molecule has 0 unspecified atom stereocenters. The number of halogens is 2. The van der Waals surface area contributed by atoms with Crippen molar-refractivity contribution >= 4 is 5.91 Å². The van der Waals surface area contributed by atoms with E-state index in [2.05, 4.69) is 0 Å². The van der Waals surface area contributed by atoms with Gasteiger partial charge in [0, 0.05) is 11.1 Å². The first-order valence-electron chi connectivity index (χ1n) is 3.46. The van der Waals surface area contributed by atoms with Crippen molar-refractivity contribution in [3.05, 3.63) is 34.9 Å². The van der Waals surface area contributed by atoms with Crippen LogP contribution in [0.1, 0.15) is 15.9 Å². The van der Waals surface area contributed by atoms with Crippen LogP contribution in [0.4, 0.5) is 8.78 Å². The molecule has 0 aliphatic heterocycles. The first kappa shape index (κ1) is 9.60. The van der Waals surface area contributed by atoms with E-state index in [0.717, 1.165) is 12.1 Å². The van der Waals surface area contributed by atoms with E-state index in [1.165, 1.54) is 12.4 Å². The van der Waals surface area contributed by atoms with Gasteiger partial charge in [-0.05, 0) is 19.1 Å². The van der Waals surface area contributed by atoms with Crippen molar-refractivity contribution in [2.45, 2.75) is 6.92 Å². The van der Waals surface area contributed by atoms with Crippen molar-refractivity contribution in [2.75, 3.05) is 0 Å². The minimum Gasteiger partial charge on any atom is -0.288 e. The molecule has 0 spiro atoms. The molecule has 0 aromatic heterocycles. The molecule has 70 valence electrons. The maximum atomic E-state index is 12.8. The lowest BCUT2D eigenvalue weighted by atomic mass is 10.1. The summed E-state index contributed by atoms with van der Waals surface area (Å²) in [4.78, 5) is 10.7. The summed E-state index contributed by atoms with van der Waals surface area (Å²) >= 11 is 0. The summed E-state index contributed by atoms with van der Waals surface area (Å²) in [5.41, 5.74) is 0.864. The highest BCUT2D eigenvalue weighted by atomic mass is 19.1. The number of hydroxylamine groups is 1. The van der Waals surface area contributed by atoms with Crippen LogP contribution in [0.2, 0.25) is 0 Å². The van der Waals surface area contributed by atoms with Gasteiger partial charge >= 0.3 is 0 Å². The number of carbonyl (C=O) groups is 1. The molecular formula is C8H7F2NO2. The van der Waals surface area contributed by atoms with Crippen molar-refractivity contribution < 1.29 is 18.8 Å². The lowest BCUT2D eigenvalue weighted by Gasteiger charge is -2.02. The quantitative estimate of drug-likeness (QED) is 0.515. The van der Waals surface area contributed by atoms with Crippen LogP contribution in [0.5, 0.6) is 0 Å². The SMILES string of the molecule is Cc1c(F)cc(C(=O)NO)cc1F. The van der Waals surface area contributed by atoms with Gasteiger partial charge in [0.2, 0.25) is 0 Å². The molecule has 1 aromatic rings. The van der Waals surface area contributed by atoms with Gasteiger partial charge in [0.05, 0.1) is 0 Å². The third-order valence-electron chi connectivity index (χ3n) is 1.64. The van der Waals surface area contributed by atoms with Crippen LogP contribution in [-0.4, -0.2) is 11.1 Å². The van der Waals surface area contributed by atoms with Crippen LogP contribution in [0, 0.1) is 18.6 Å². The minimum absolute atomic E-state index is 0.158. The van der Waals surface area contributed by atoms with Crippen molar-refractivity contribution in [1.82, 2.24) is 5.48 Å². The standard InChI is InChI=1S/C8H7F2NO2/c1-4-6(9)2-5(3-7(4)10)8(12)11-13/h2-3,13H,1H3,(H,11,12). The molecule has 0 saturated carbocycles. The molecule has 1 rings (SSSR count). The Kier molecular flexibility index (Phi) is 2.57. The molecular weight excluding hydrogens is 180 g/mol. The first-order chi connectivity index (χ1) is 6.06. The van der Waals surface area contributed by atoms with Gasteiger partial charge in [0.1, 0.15) is 11.6 Å². The van der Waals surface area contributed by atoms with Gasteiger partial charge in [-0.1, -0.05) is 0 Å². The number of hydrogen-bond donors (Lipinski definition) is 2. The Balaban J connectivity index is 3.20. The number of carbonyl (C=O) groups excluding carboxylic acids is 1. The number of rotatable bonds is 1. The van der Waals surface area contributed by atoms with Gasteiger partial charge in [0.25, 0.3) is 5.91 Å². The van der Waals surface area contributed by atoms with E-state index in [1.54, 1.807) is 0 Å². The van der Waals surface area contributed by atoms with Gasteiger partial charge in [-0.3, -0.25) is 10.0 Å². The number of hydrogen-bond acceptors (Lipinski definition) is 2. The Morgan fingerprint density at radius 1 is 1.38 bits per heavy atom. The maximum Gasteiger partial charge on any atom is 0.274 e. The number of benzene rings is 1. The Hall–Kier alpha value is -1.49. The lowest BCUT2D eigenvalue weighted by Crippen LogP contribution is -2.19. The fourth-order valence-electron chi connectivity index (χ4n) is 0.841. The molecule has 3 nitrogen and oxygen atoms in total. The maximum absolute atomic E-state index is 12.8.